The van der Waals surface area contributed by atoms with Crippen molar-refractivity contribution in [3.8, 4) is 0 Å². The maximum atomic E-state index is 12.0. The fourth-order valence-electron chi connectivity index (χ4n) is 2.15. The van der Waals surface area contributed by atoms with Gasteiger partial charge in [0.25, 0.3) is 0 Å². The Morgan fingerprint density at radius 2 is 2.42 bits per heavy atom. The highest BCUT2D eigenvalue weighted by molar-refractivity contribution is 7.15. The van der Waals surface area contributed by atoms with Gasteiger partial charge in [-0.25, -0.2) is 0 Å². The highest BCUT2D eigenvalue weighted by Gasteiger charge is 2.31. The first-order valence-electron chi connectivity index (χ1n) is 6.28. The Hall–Kier alpha value is -1.25. The van der Waals surface area contributed by atoms with E-state index in [0.29, 0.717) is 31.1 Å². The zero-order chi connectivity index (χ0) is 13.8. The number of aromatic nitrogens is 2. The molecule has 0 unspecified atom stereocenters. The number of aliphatic hydroxyl groups excluding tert-OH is 1. The van der Waals surface area contributed by atoms with Gasteiger partial charge in [0.1, 0.15) is 5.01 Å². The van der Waals surface area contributed by atoms with Crippen molar-refractivity contribution in [1.29, 1.82) is 0 Å². The molecule has 2 atom stereocenters. The number of anilines is 1. The Balaban J connectivity index is 1.77. The molecular weight excluding hydrogens is 266 g/mol. The van der Waals surface area contributed by atoms with Gasteiger partial charge in [-0.1, -0.05) is 11.3 Å². The molecule has 1 aromatic rings. The Morgan fingerprint density at radius 1 is 1.63 bits per heavy atom. The molecule has 1 amide bonds. The summed E-state index contributed by atoms with van der Waals surface area (Å²) in [6, 6.07) is 0. The van der Waals surface area contributed by atoms with Crippen LogP contribution in [0.1, 0.15) is 11.4 Å². The van der Waals surface area contributed by atoms with Crippen molar-refractivity contribution in [2.75, 3.05) is 32.4 Å². The number of nitrogens with two attached hydrogens (primary N) is 1. The summed E-state index contributed by atoms with van der Waals surface area (Å²) >= 11 is 1.32. The van der Waals surface area contributed by atoms with Gasteiger partial charge in [0.15, 0.2) is 0 Å². The van der Waals surface area contributed by atoms with Crippen molar-refractivity contribution in [1.82, 2.24) is 20.4 Å². The lowest BCUT2D eigenvalue weighted by Crippen LogP contribution is -2.49. The maximum absolute atomic E-state index is 12.0. The second-order valence-corrected chi connectivity index (χ2v) is 5.89. The van der Waals surface area contributed by atoms with E-state index in [1.54, 1.807) is 0 Å². The molecule has 0 bridgehead atoms. The van der Waals surface area contributed by atoms with Crippen molar-refractivity contribution in [2.45, 2.75) is 18.9 Å². The lowest BCUT2D eigenvalue weighted by Gasteiger charge is -2.32. The summed E-state index contributed by atoms with van der Waals surface area (Å²) in [4.78, 5) is 14.1. The molecule has 0 spiro atoms. The minimum atomic E-state index is -0.548. The van der Waals surface area contributed by atoms with E-state index in [1.807, 2.05) is 7.05 Å². The molecule has 1 aromatic heterocycles. The van der Waals surface area contributed by atoms with Gasteiger partial charge in [0.2, 0.25) is 11.0 Å². The first-order valence-corrected chi connectivity index (χ1v) is 7.10. The summed E-state index contributed by atoms with van der Waals surface area (Å²) in [6.45, 7) is 1.91. The summed E-state index contributed by atoms with van der Waals surface area (Å²) in [6.07, 6.45) is 0.703. The van der Waals surface area contributed by atoms with Crippen molar-refractivity contribution < 1.29 is 9.90 Å². The highest BCUT2D eigenvalue weighted by Crippen LogP contribution is 2.16. The van der Waals surface area contributed by atoms with E-state index in [-0.39, 0.29) is 11.8 Å². The van der Waals surface area contributed by atoms with Crippen LogP contribution in [0.4, 0.5) is 5.13 Å². The van der Waals surface area contributed by atoms with E-state index in [0.717, 1.165) is 11.6 Å². The number of amides is 1. The van der Waals surface area contributed by atoms with Crippen LogP contribution >= 0.6 is 11.3 Å². The van der Waals surface area contributed by atoms with Crippen LogP contribution in [0.5, 0.6) is 0 Å². The Labute approximate surface area is 115 Å². The number of likely N-dealkylation sites (tertiary alicyclic amines) is 1. The first-order chi connectivity index (χ1) is 9.06. The van der Waals surface area contributed by atoms with Gasteiger partial charge in [-0.05, 0) is 13.5 Å². The molecule has 1 saturated heterocycles. The molecule has 1 aliphatic heterocycles. The zero-order valence-corrected chi connectivity index (χ0v) is 11.7. The van der Waals surface area contributed by atoms with Gasteiger partial charge in [-0.3, -0.25) is 4.79 Å². The fraction of sp³-hybridized carbons (Fsp3) is 0.727. The second-order valence-electron chi connectivity index (χ2n) is 4.80. The molecule has 0 aromatic carbocycles. The second kappa shape index (κ2) is 6.27. The van der Waals surface area contributed by atoms with Crippen LogP contribution < -0.4 is 11.1 Å². The van der Waals surface area contributed by atoms with E-state index in [4.69, 9.17) is 5.73 Å². The average Bonchev–Trinajstić information content (AvgIpc) is 2.78. The summed E-state index contributed by atoms with van der Waals surface area (Å²) in [5.41, 5.74) is 5.48. The standard InChI is InChI=1S/C11H19N5O2S/c1-16-5-3-8(17)7(6-16)10(18)13-4-2-9-14-15-11(12)19-9/h7-8,17H,2-6H2,1H3,(H2,12,15)(H,13,18)/t7-,8-/m1/s1. The third-order valence-corrected chi connectivity index (χ3v) is 4.05. The molecule has 106 valence electrons. The molecule has 2 heterocycles. The van der Waals surface area contributed by atoms with Gasteiger partial charge >= 0.3 is 0 Å². The summed E-state index contributed by atoms with van der Waals surface area (Å²) in [5, 5.41) is 21.5. The van der Waals surface area contributed by atoms with E-state index in [1.165, 1.54) is 11.3 Å². The molecule has 2 rings (SSSR count). The van der Waals surface area contributed by atoms with E-state index in [9.17, 15) is 9.90 Å². The number of carbonyl (C=O) groups is 1. The van der Waals surface area contributed by atoms with E-state index >= 15 is 0 Å². The predicted octanol–water partition coefficient (Wildman–Crippen LogP) is -0.908. The number of hydrogen-bond acceptors (Lipinski definition) is 7. The van der Waals surface area contributed by atoms with Crippen LogP contribution in [0.3, 0.4) is 0 Å². The van der Waals surface area contributed by atoms with Gasteiger partial charge in [-0.15, -0.1) is 10.2 Å². The number of rotatable bonds is 4. The van der Waals surface area contributed by atoms with Crippen LogP contribution in [-0.2, 0) is 11.2 Å². The molecule has 8 heteroatoms. The SMILES string of the molecule is CN1CC[C@@H](O)[C@H](C(=O)NCCc2nnc(N)s2)C1. The number of aliphatic hydroxyl groups is 1. The summed E-state index contributed by atoms with van der Waals surface area (Å²) < 4.78 is 0. The Morgan fingerprint density at radius 3 is 3.11 bits per heavy atom. The lowest BCUT2D eigenvalue weighted by molar-refractivity contribution is -0.131. The Kier molecular flexibility index (Phi) is 4.67. The lowest BCUT2D eigenvalue weighted by atomic mass is 9.94. The van der Waals surface area contributed by atoms with Crippen molar-refractivity contribution in [3.05, 3.63) is 5.01 Å². The number of nitrogens with zero attached hydrogens (tertiary/aromatic N) is 3. The van der Waals surface area contributed by atoms with Crippen molar-refractivity contribution in [2.24, 2.45) is 5.92 Å². The van der Waals surface area contributed by atoms with Gasteiger partial charge in [0, 0.05) is 26.1 Å². The van der Waals surface area contributed by atoms with Crippen molar-refractivity contribution >= 4 is 22.4 Å². The van der Waals surface area contributed by atoms with Crippen LogP contribution in [-0.4, -0.2) is 58.9 Å². The molecule has 7 nitrogen and oxygen atoms in total. The van der Waals surface area contributed by atoms with Gasteiger partial charge < -0.3 is 21.1 Å². The molecule has 1 aliphatic rings. The van der Waals surface area contributed by atoms with Crippen LogP contribution in [0.2, 0.25) is 0 Å². The summed E-state index contributed by atoms with van der Waals surface area (Å²) in [5.74, 6) is -0.449. The predicted molar refractivity (Wildman–Crippen MR) is 72.6 cm³/mol. The van der Waals surface area contributed by atoms with Crippen molar-refractivity contribution in [3.63, 3.8) is 0 Å². The van der Waals surface area contributed by atoms with Crippen LogP contribution in [0, 0.1) is 5.92 Å². The molecule has 1 fully saturated rings. The van der Waals surface area contributed by atoms with Gasteiger partial charge in [-0.2, -0.15) is 0 Å². The number of carbonyl (C=O) groups excluding carboxylic acids is 1. The first kappa shape index (κ1) is 14.2. The summed E-state index contributed by atoms with van der Waals surface area (Å²) in [7, 11) is 1.95. The minimum absolute atomic E-state index is 0.100. The highest BCUT2D eigenvalue weighted by atomic mass is 32.1. The third-order valence-electron chi connectivity index (χ3n) is 3.24. The molecular formula is C11H19N5O2S. The van der Waals surface area contributed by atoms with E-state index in [2.05, 4.69) is 20.4 Å². The number of hydrogen-bond donors (Lipinski definition) is 3. The largest absolute Gasteiger partial charge is 0.392 e. The molecule has 19 heavy (non-hydrogen) atoms. The van der Waals surface area contributed by atoms with Crippen LogP contribution in [0.25, 0.3) is 0 Å². The normalized spacial score (nSPS) is 24.3. The van der Waals surface area contributed by atoms with Crippen LogP contribution in [0.15, 0.2) is 0 Å². The Bertz CT molecular complexity index is 438. The number of nitrogen functional groups attached to an aromatic ring is 1. The fourth-order valence-corrected chi connectivity index (χ4v) is 2.76. The molecule has 0 saturated carbocycles. The monoisotopic (exact) mass is 285 g/mol. The number of nitrogens with one attached hydrogen (secondary N) is 1. The zero-order valence-electron chi connectivity index (χ0n) is 10.9. The topological polar surface area (TPSA) is 104 Å². The number of piperidine rings is 1. The quantitative estimate of drug-likeness (QED) is 0.662. The van der Waals surface area contributed by atoms with E-state index < -0.39 is 6.10 Å². The third kappa shape index (κ3) is 3.85. The molecule has 0 aliphatic carbocycles. The minimum Gasteiger partial charge on any atom is -0.392 e. The maximum Gasteiger partial charge on any atom is 0.227 e. The molecule has 0 radical (unpaired) electrons. The van der Waals surface area contributed by atoms with Gasteiger partial charge in [0.05, 0.1) is 12.0 Å². The smallest absolute Gasteiger partial charge is 0.227 e. The average molecular weight is 285 g/mol. The molecule has 4 N–H and O–H groups in total.